The standard InChI is InChI=1S/C18H19N3O2S/c1-21-18-8-4-7-17(16(18)12-19-21)20-24(22,23)15-10-9-13-5-2-3-6-14(13)11-15/h2-3,5-6,9-12,17,20H,4,7-8H2,1H3/t17-/m0/s1. The van der Waals surface area contributed by atoms with Crippen LogP contribution in [-0.4, -0.2) is 18.2 Å². The van der Waals surface area contributed by atoms with E-state index in [1.54, 1.807) is 18.3 Å². The zero-order valence-corrected chi connectivity index (χ0v) is 14.3. The molecule has 1 heterocycles. The fraction of sp³-hybridized carbons (Fsp3) is 0.278. The molecule has 124 valence electrons. The molecular weight excluding hydrogens is 322 g/mol. The fourth-order valence-electron chi connectivity index (χ4n) is 3.42. The average molecular weight is 341 g/mol. The van der Waals surface area contributed by atoms with E-state index in [1.807, 2.05) is 42.1 Å². The lowest BCUT2D eigenvalue weighted by Gasteiger charge is -2.23. The van der Waals surface area contributed by atoms with Gasteiger partial charge in [-0.3, -0.25) is 4.68 Å². The molecule has 0 saturated carbocycles. The molecule has 6 heteroatoms. The van der Waals surface area contributed by atoms with Gasteiger partial charge in [-0.15, -0.1) is 0 Å². The van der Waals surface area contributed by atoms with Crippen LogP contribution in [-0.2, 0) is 23.5 Å². The summed E-state index contributed by atoms with van der Waals surface area (Å²) in [6.07, 6.45) is 4.48. The van der Waals surface area contributed by atoms with Crippen molar-refractivity contribution in [1.29, 1.82) is 0 Å². The van der Waals surface area contributed by atoms with Crippen LogP contribution >= 0.6 is 0 Å². The van der Waals surface area contributed by atoms with Gasteiger partial charge in [0.2, 0.25) is 10.0 Å². The van der Waals surface area contributed by atoms with Crippen molar-refractivity contribution in [3.05, 3.63) is 59.9 Å². The summed E-state index contributed by atoms with van der Waals surface area (Å²) < 4.78 is 30.3. The number of sulfonamides is 1. The predicted octanol–water partition coefficient (Wildman–Crippen LogP) is 2.93. The first-order valence-corrected chi connectivity index (χ1v) is 9.55. The molecule has 0 saturated heterocycles. The molecule has 0 aliphatic heterocycles. The number of nitrogens with one attached hydrogen (secondary N) is 1. The van der Waals surface area contributed by atoms with Crippen LogP contribution in [0, 0.1) is 0 Å². The smallest absolute Gasteiger partial charge is 0.241 e. The maximum Gasteiger partial charge on any atom is 0.241 e. The number of hydrogen-bond donors (Lipinski definition) is 1. The van der Waals surface area contributed by atoms with Gasteiger partial charge in [-0.05, 0) is 42.2 Å². The molecule has 1 aliphatic carbocycles. The predicted molar refractivity (Wildman–Crippen MR) is 93.2 cm³/mol. The van der Waals surface area contributed by atoms with E-state index in [-0.39, 0.29) is 6.04 Å². The molecule has 0 fully saturated rings. The quantitative estimate of drug-likeness (QED) is 0.797. The molecule has 0 radical (unpaired) electrons. The van der Waals surface area contributed by atoms with Gasteiger partial charge >= 0.3 is 0 Å². The van der Waals surface area contributed by atoms with Crippen molar-refractivity contribution in [2.24, 2.45) is 7.05 Å². The molecule has 24 heavy (non-hydrogen) atoms. The zero-order valence-electron chi connectivity index (χ0n) is 13.4. The lowest BCUT2D eigenvalue weighted by atomic mass is 9.94. The Morgan fingerprint density at radius 3 is 2.79 bits per heavy atom. The Labute approximate surface area is 141 Å². The van der Waals surface area contributed by atoms with Gasteiger partial charge < -0.3 is 0 Å². The van der Waals surface area contributed by atoms with E-state index in [2.05, 4.69) is 9.82 Å². The Hall–Kier alpha value is -2.18. The van der Waals surface area contributed by atoms with Crippen LogP contribution < -0.4 is 4.72 Å². The molecule has 2 aromatic carbocycles. The summed E-state index contributed by atoms with van der Waals surface area (Å²) in [5.41, 5.74) is 2.11. The summed E-state index contributed by atoms with van der Waals surface area (Å²) in [6, 6.07) is 12.8. The molecule has 1 N–H and O–H groups in total. The first kappa shape index (κ1) is 15.4. The Kier molecular flexibility index (Phi) is 3.66. The largest absolute Gasteiger partial charge is 0.272 e. The van der Waals surface area contributed by atoms with Crippen molar-refractivity contribution in [3.63, 3.8) is 0 Å². The monoisotopic (exact) mass is 341 g/mol. The van der Waals surface area contributed by atoms with Crippen molar-refractivity contribution in [2.75, 3.05) is 0 Å². The highest BCUT2D eigenvalue weighted by Gasteiger charge is 2.28. The Balaban J connectivity index is 1.68. The van der Waals surface area contributed by atoms with Crippen LogP contribution in [0.2, 0.25) is 0 Å². The highest BCUT2D eigenvalue weighted by molar-refractivity contribution is 7.89. The second-order valence-electron chi connectivity index (χ2n) is 6.25. The number of hydrogen-bond acceptors (Lipinski definition) is 3. The molecule has 0 amide bonds. The molecular formula is C18H19N3O2S. The minimum absolute atomic E-state index is 0.209. The molecule has 4 rings (SSSR count). The lowest BCUT2D eigenvalue weighted by molar-refractivity contribution is 0.498. The normalized spacial score (nSPS) is 17.8. The molecule has 1 aromatic heterocycles. The van der Waals surface area contributed by atoms with E-state index in [4.69, 9.17) is 0 Å². The minimum Gasteiger partial charge on any atom is -0.272 e. The van der Waals surface area contributed by atoms with Crippen molar-refractivity contribution < 1.29 is 8.42 Å². The number of fused-ring (bicyclic) bond motifs is 2. The van der Waals surface area contributed by atoms with Crippen molar-refractivity contribution >= 4 is 20.8 Å². The number of aryl methyl sites for hydroxylation is 1. The second-order valence-corrected chi connectivity index (χ2v) is 7.96. The highest BCUT2D eigenvalue weighted by atomic mass is 32.2. The van der Waals surface area contributed by atoms with E-state index < -0.39 is 10.0 Å². The minimum atomic E-state index is -3.57. The molecule has 1 atom stereocenters. The molecule has 5 nitrogen and oxygen atoms in total. The third-order valence-corrected chi connectivity index (χ3v) is 6.17. The Morgan fingerprint density at radius 1 is 1.17 bits per heavy atom. The Morgan fingerprint density at radius 2 is 1.96 bits per heavy atom. The van der Waals surface area contributed by atoms with Gasteiger partial charge in [-0.2, -0.15) is 5.10 Å². The number of rotatable bonds is 3. The van der Waals surface area contributed by atoms with Crippen LogP contribution in [0.25, 0.3) is 10.8 Å². The first-order chi connectivity index (χ1) is 11.5. The molecule has 1 aliphatic rings. The number of nitrogens with zero attached hydrogens (tertiary/aromatic N) is 2. The summed E-state index contributed by atoms with van der Waals surface area (Å²) in [7, 11) is -1.67. The van der Waals surface area contributed by atoms with Crippen LogP contribution in [0.15, 0.2) is 53.6 Å². The highest BCUT2D eigenvalue weighted by Crippen LogP contribution is 2.31. The van der Waals surface area contributed by atoms with E-state index in [9.17, 15) is 8.42 Å². The average Bonchev–Trinajstić information content (AvgIpc) is 2.97. The summed E-state index contributed by atoms with van der Waals surface area (Å²) in [5, 5.41) is 6.23. The number of benzene rings is 2. The van der Waals surface area contributed by atoms with E-state index in [0.717, 1.165) is 41.3 Å². The summed E-state index contributed by atoms with van der Waals surface area (Å²) >= 11 is 0. The van der Waals surface area contributed by atoms with Crippen molar-refractivity contribution in [3.8, 4) is 0 Å². The lowest BCUT2D eigenvalue weighted by Crippen LogP contribution is -2.31. The first-order valence-electron chi connectivity index (χ1n) is 8.06. The SMILES string of the molecule is Cn1ncc2c1CCC[C@@H]2NS(=O)(=O)c1ccc2ccccc2c1. The van der Waals surface area contributed by atoms with Crippen LogP contribution in [0.3, 0.4) is 0 Å². The topological polar surface area (TPSA) is 64.0 Å². The summed E-state index contributed by atoms with van der Waals surface area (Å²) in [5.74, 6) is 0. The van der Waals surface area contributed by atoms with Gasteiger partial charge in [-0.25, -0.2) is 13.1 Å². The maximum absolute atomic E-state index is 12.8. The van der Waals surface area contributed by atoms with Gasteiger partial charge in [-0.1, -0.05) is 30.3 Å². The van der Waals surface area contributed by atoms with E-state index in [0.29, 0.717) is 4.90 Å². The molecule has 0 unspecified atom stereocenters. The van der Waals surface area contributed by atoms with Crippen LogP contribution in [0.4, 0.5) is 0 Å². The molecule has 3 aromatic rings. The Bertz CT molecular complexity index is 1010. The fourth-order valence-corrected chi connectivity index (χ4v) is 4.70. The van der Waals surface area contributed by atoms with Gasteiger partial charge in [0.05, 0.1) is 17.1 Å². The van der Waals surface area contributed by atoms with Crippen LogP contribution in [0.5, 0.6) is 0 Å². The molecule has 0 spiro atoms. The van der Waals surface area contributed by atoms with Crippen molar-refractivity contribution in [2.45, 2.75) is 30.2 Å². The van der Waals surface area contributed by atoms with Crippen LogP contribution in [0.1, 0.15) is 30.1 Å². The number of aromatic nitrogens is 2. The third kappa shape index (κ3) is 2.61. The van der Waals surface area contributed by atoms with Gasteiger partial charge in [0.1, 0.15) is 0 Å². The molecule has 0 bridgehead atoms. The third-order valence-electron chi connectivity index (χ3n) is 4.70. The second kappa shape index (κ2) is 5.72. The van der Waals surface area contributed by atoms with E-state index in [1.165, 1.54) is 0 Å². The zero-order chi connectivity index (χ0) is 16.7. The summed E-state index contributed by atoms with van der Waals surface area (Å²) in [6.45, 7) is 0. The van der Waals surface area contributed by atoms with Gasteiger partial charge in [0.25, 0.3) is 0 Å². The van der Waals surface area contributed by atoms with E-state index >= 15 is 0 Å². The van der Waals surface area contributed by atoms with Gasteiger partial charge in [0, 0.05) is 18.3 Å². The van der Waals surface area contributed by atoms with Gasteiger partial charge in [0.15, 0.2) is 0 Å². The van der Waals surface area contributed by atoms with Crippen molar-refractivity contribution in [1.82, 2.24) is 14.5 Å². The summed E-state index contributed by atoms with van der Waals surface area (Å²) in [4.78, 5) is 0.303. The maximum atomic E-state index is 12.8.